The third kappa shape index (κ3) is 10.3. The van der Waals surface area contributed by atoms with Gasteiger partial charge in [0.2, 0.25) is 0 Å². The van der Waals surface area contributed by atoms with Crippen molar-refractivity contribution in [2.75, 3.05) is 13.2 Å². The molecule has 2 atom stereocenters. The first-order valence-electron chi connectivity index (χ1n) is 6.73. The number of hydrogen-bond donors (Lipinski definition) is 1. The van der Waals surface area contributed by atoms with Gasteiger partial charge in [0.1, 0.15) is 0 Å². The zero-order chi connectivity index (χ0) is 13.8. The summed E-state index contributed by atoms with van der Waals surface area (Å²) in [6.45, 7) is 10.7. The molecule has 0 spiro atoms. The summed E-state index contributed by atoms with van der Waals surface area (Å²) >= 11 is 0. The van der Waals surface area contributed by atoms with Crippen LogP contribution in [0.15, 0.2) is 36.5 Å². The predicted octanol–water partition coefficient (Wildman–Crippen LogP) is 3.88. The van der Waals surface area contributed by atoms with Gasteiger partial charge >= 0.3 is 0 Å². The number of aliphatic hydroxyl groups excluding tert-OH is 1. The number of hydrogen-bond acceptors (Lipinski definition) is 2. The molecule has 0 aliphatic carbocycles. The van der Waals surface area contributed by atoms with Crippen LogP contribution in [0.25, 0.3) is 0 Å². The van der Waals surface area contributed by atoms with Gasteiger partial charge in [-0.25, -0.2) is 0 Å². The monoisotopic (exact) mass is 252 g/mol. The van der Waals surface area contributed by atoms with Crippen molar-refractivity contribution in [1.82, 2.24) is 0 Å². The van der Waals surface area contributed by atoms with E-state index in [4.69, 9.17) is 9.84 Å². The molecular weight excluding hydrogens is 224 g/mol. The summed E-state index contributed by atoms with van der Waals surface area (Å²) in [5, 5.41) is 8.89. The molecule has 0 aromatic heterocycles. The van der Waals surface area contributed by atoms with E-state index >= 15 is 0 Å². The largest absolute Gasteiger partial charge is 0.393 e. The molecule has 0 aromatic rings. The molecule has 0 aliphatic rings. The van der Waals surface area contributed by atoms with Crippen LogP contribution in [0.5, 0.6) is 0 Å². The fraction of sp³-hybridized carbons (Fsp3) is 0.625. The smallest absolute Gasteiger partial charge is 0.0988 e. The zero-order valence-electron chi connectivity index (χ0n) is 12.1. The fourth-order valence-corrected chi connectivity index (χ4v) is 1.55. The van der Waals surface area contributed by atoms with Gasteiger partial charge in [-0.15, -0.1) is 6.58 Å². The first kappa shape index (κ1) is 17.1. The van der Waals surface area contributed by atoms with E-state index in [-0.39, 0.29) is 12.7 Å². The third-order valence-electron chi connectivity index (χ3n) is 2.77. The maximum absolute atomic E-state index is 8.89. The number of ether oxygens (including phenoxy) is 1. The van der Waals surface area contributed by atoms with Crippen LogP contribution in [-0.2, 0) is 4.74 Å². The minimum absolute atomic E-state index is 0.00353. The second-order valence-electron chi connectivity index (χ2n) is 4.96. The van der Waals surface area contributed by atoms with Crippen molar-refractivity contribution in [3.63, 3.8) is 0 Å². The summed E-state index contributed by atoms with van der Waals surface area (Å²) < 4.78 is 5.37. The van der Waals surface area contributed by atoms with Crippen LogP contribution in [-0.4, -0.2) is 24.4 Å². The highest BCUT2D eigenvalue weighted by Crippen LogP contribution is 2.12. The molecule has 0 rings (SSSR count). The summed E-state index contributed by atoms with van der Waals surface area (Å²) in [7, 11) is 0. The molecule has 0 saturated heterocycles. The quantitative estimate of drug-likeness (QED) is 0.598. The normalized spacial score (nSPS) is 14.4. The van der Waals surface area contributed by atoms with Gasteiger partial charge in [0.25, 0.3) is 0 Å². The average molecular weight is 252 g/mol. The van der Waals surface area contributed by atoms with Crippen LogP contribution in [0.1, 0.15) is 40.0 Å². The Hall–Kier alpha value is -0.860. The first-order valence-corrected chi connectivity index (χ1v) is 6.73. The highest BCUT2D eigenvalue weighted by Gasteiger charge is 2.00. The number of allylic oxidation sites excluding steroid dienone is 3. The lowest BCUT2D eigenvalue weighted by Gasteiger charge is -2.09. The molecule has 0 saturated carbocycles. The SMILES string of the molecule is C=C[C@H](CO)OC/C=C/C[C@@H](C)CCC=C(C)C. The van der Waals surface area contributed by atoms with Crippen molar-refractivity contribution in [2.24, 2.45) is 5.92 Å². The summed E-state index contributed by atoms with van der Waals surface area (Å²) in [4.78, 5) is 0. The molecule has 0 aliphatic heterocycles. The summed E-state index contributed by atoms with van der Waals surface area (Å²) in [6.07, 6.45) is 11.3. The fourth-order valence-electron chi connectivity index (χ4n) is 1.55. The molecule has 0 amide bonds. The maximum Gasteiger partial charge on any atom is 0.0988 e. The Balaban J connectivity index is 3.62. The molecule has 104 valence electrons. The first-order chi connectivity index (χ1) is 8.60. The minimum atomic E-state index is -0.246. The van der Waals surface area contributed by atoms with Gasteiger partial charge in [0.05, 0.1) is 19.3 Å². The summed E-state index contributed by atoms with van der Waals surface area (Å²) in [6, 6.07) is 0. The standard InChI is InChI=1S/C16H28O2/c1-5-16(13-17)18-12-7-6-10-15(4)11-8-9-14(2)3/h5-7,9,15-17H,1,8,10-13H2,2-4H3/b7-6+/t15-,16-/m1/s1. The van der Waals surface area contributed by atoms with Gasteiger partial charge in [-0.05, 0) is 39.0 Å². The average Bonchev–Trinajstić information content (AvgIpc) is 2.33. The molecule has 0 unspecified atom stereocenters. The molecule has 1 N–H and O–H groups in total. The van der Waals surface area contributed by atoms with E-state index < -0.39 is 0 Å². The lowest BCUT2D eigenvalue weighted by molar-refractivity contribution is 0.0600. The van der Waals surface area contributed by atoms with Crippen molar-refractivity contribution in [2.45, 2.75) is 46.1 Å². The summed E-state index contributed by atoms with van der Waals surface area (Å²) in [5.74, 6) is 0.699. The van der Waals surface area contributed by atoms with E-state index in [1.54, 1.807) is 6.08 Å². The Kier molecular flexibility index (Phi) is 10.7. The van der Waals surface area contributed by atoms with E-state index in [9.17, 15) is 0 Å². The van der Waals surface area contributed by atoms with Gasteiger partial charge in [-0.1, -0.05) is 36.8 Å². The molecule has 0 radical (unpaired) electrons. The van der Waals surface area contributed by atoms with Gasteiger partial charge in [0.15, 0.2) is 0 Å². The Morgan fingerprint density at radius 1 is 1.33 bits per heavy atom. The number of rotatable bonds is 10. The second kappa shape index (κ2) is 11.2. The van der Waals surface area contributed by atoms with Crippen molar-refractivity contribution < 1.29 is 9.84 Å². The van der Waals surface area contributed by atoms with Crippen LogP contribution in [0.3, 0.4) is 0 Å². The lowest BCUT2D eigenvalue weighted by Crippen LogP contribution is -2.14. The van der Waals surface area contributed by atoms with E-state index in [0.717, 1.165) is 12.8 Å². The van der Waals surface area contributed by atoms with E-state index in [0.29, 0.717) is 12.5 Å². The third-order valence-corrected chi connectivity index (χ3v) is 2.77. The van der Waals surface area contributed by atoms with E-state index in [1.807, 2.05) is 6.08 Å². The molecule has 0 aromatic carbocycles. The van der Waals surface area contributed by atoms with Crippen molar-refractivity contribution in [3.8, 4) is 0 Å². The van der Waals surface area contributed by atoms with Crippen LogP contribution < -0.4 is 0 Å². The Morgan fingerprint density at radius 3 is 2.61 bits per heavy atom. The van der Waals surface area contributed by atoms with Crippen LogP contribution in [0.2, 0.25) is 0 Å². The van der Waals surface area contributed by atoms with Gasteiger partial charge in [-0.3, -0.25) is 0 Å². The van der Waals surface area contributed by atoms with Gasteiger partial charge in [0, 0.05) is 0 Å². The van der Waals surface area contributed by atoms with E-state index in [2.05, 4.69) is 39.5 Å². The molecule has 2 nitrogen and oxygen atoms in total. The lowest BCUT2D eigenvalue weighted by atomic mass is 10.0. The maximum atomic E-state index is 8.89. The molecule has 0 bridgehead atoms. The molecule has 2 heteroatoms. The van der Waals surface area contributed by atoms with Crippen molar-refractivity contribution >= 4 is 0 Å². The predicted molar refractivity (Wildman–Crippen MR) is 78.6 cm³/mol. The molecule has 0 heterocycles. The summed E-state index contributed by atoms with van der Waals surface area (Å²) in [5.41, 5.74) is 1.39. The second-order valence-corrected chi connectivity index (χ2v) is 4.96. The van der Waals surface area contributed by atoms with Gasteiger partial charge < -0.3 is 9.84 Å². The molecule has 18 heavy (non-hydrogen) atoms. The van der Waals surface area contributed by atoms with E-state index in [1.165, 1.54) is 12.0 Å². The van der Waals surface area contributed by atoms with Crippen molar-refractivity contribution in [3.05, 3.63) is 36.5 Å². The highest BCUT2D eigenvalue weighted by molar-refractivity contribution is 4.93. The number of aliphatic hydroxyl groups is 1. The Morgan fingerprint density at radius 2 is 2.06 bits per heavy atom. The Labute approximate surface area is 112 Å². The van der Waals surface area contributed by atoms with Crippen LogP contribution in [0.4, 0.5) is 0 Å². The topological polar surface area (TPSA) is 29.5 Å². The van der Waals surface area contributed by atoms with Crippen LogP contribution in [0, 0.1) is 5.92 Å². The van der Waals surface area contributed by atoms with Crippen molar-refractivity contribution in [1.29, 1.82) is 0 Å². The van der Waals surface area contributed by atoms with Crippen LogP contribution >= 0.6 is 0 Å². The minimum Gasteiger partial charge on any atom is -0.393 e. The highest BCUT2D eigenvalue weighted by atomic mass is 16.5. The van der Waals surface area contributed by atoms with Gasteiger partial charge in [-0.2, -0.15) is 0 Å². The molecule has 0 fully saturated rings. The Bertz CT molecular complexity index is 262. The zero-order valence-corrected chi connectivity index (χ0v) is 12.1. The molecular formula is C16H28O2.